The number of esters is 1. The van der Waals surface area contributed by atoms with Crippen LogP contribution in [-0.2, 0) is 9.53 Å². The highest BCUT2D eigenvalue weighted by atomic mass is 79.9. The van der Waals surface area contributed by atoms with Crippen LogP contribution in [0.15, 0.2) is 22.7 Å². The summed E-state index contributed by atoms with van der Waals surface area (Å²) in [5, 5.41) is 3.77. The molecule has 0 unspecified atom stereocenters. The molecule has 0 amide bonds. The number of nitrogens with one attached hydrogen (secondary N) is 1. The monoisotopic (exact) mass is 319 g/mol. The van der Waals surface area contributed by atoms with Gasteiger partial charge in [0, 0.05) is 11.0 Å². The van der Waals surface area contributed by atoms with Gasteiger partial charge in [-0.15, -0.1) is 0 Å². The molecule has 0 saturated heterocycles. The maximum atomic E-state index is 11.5. The van der Waals surface area contributed by atoms with Crippen LogP contribution in [0, 0.1) is 5.41 Å². The summed E-state index contributed by atoms with van der Waals surface area (Å²) in [5.74, 6) is -0.254. The Balaban J connectivity index is 2.73. The van der Waals surface area contributed by atoms with Gasteiger partial charge in [-0.05, 0) is 32.0 Å². The fourth-order valence-corrected chi connectivity index (χ4v) is 1.84. The minimum absolute atomic E-state index is 0.254. The molecule has 0 aliphatic carbocycles. The number of hydrogen-bond donors (Lipinski definition) is 1. The molecule has 1 rings (SSSR count). The number of hydrogen-bond acceptors (Lipinski definition) is 3. The van der Waals surface area contributed by atoms with Crippen molar-refractivity contribution in [2.45, 2.75) is 13.8 Å². The molecule has 0 heterocycles. The van der Waals surface area contributed by atoms with Gasteiger partial charge < -0.3 is 10.1 Å². The Bertz CT molecular complexity index is 421. The van der Waals surface area contributed by atoms with Gasteiger partial charge in [0.2, 0.25) is 0 Å². The Labute approximate surface area is 115 Å². The molecule has 5 heteroatoms. The van der Waals surface area contributed by atoms with Crippen LogP contribution >= 0.6 is 27.5 Å². The lowest BCUT2D eigenvalue weighted by Gasteiger charge is -2.22. The van der Waals surface area contributed by atoms with Gasteiger partial charge in [-0.25, -0.2) is 0 Å². The van der Waals surface area contributed by atoms with Crippen LogP contribution in [0.4, 0.5) is 5.69 Å². The molecule has 1 aromatic rings. The predicted octanol–water partition coefficient (Wildman–Crippen LogP) is 3.71. The van der Waals surface area contributed by atoms with Crippen LogP contribution in [0.25, 0.3) is 0 Å². The third-order valence-electron chi connectivity index (χ3n) is 2.39. The van der Waals surface area contributed by atoms with Crippen LogP contribution in [0.1, 0.15) is 13.8 Å². The van der Waals surface area contributed by atoms with Crippen molar-refractivity contribution >= 4 is 39.2 Å². The smallest absolute Gasteiger partial charge is 0.313 e. The summed E-state index contributed by atoms with van der Waals surface area (Å²) in [6.07, 6.45) is 0. The van der Waals surface area contributed by atoms with Gasteiger partial charge in [0.25, 0.3) is 0 Å². The van der Waals surface area contributed by atoms with Crippen molar-refractivity contribution in [1.82, 2.24) is 0 Å². The highest BCUT2D eigenvalue weighted by Gasteiger charge is 2.28. The SMILES string of the molecule is COC(=O)C(C)(C)CNc1cc(Br)ccc1Cl. The molecule has 0 saturated carbocycles. The second-order valence-electron chi connectivity index (χ2n) is 4.35. The number of benzene rings is 1. The van der Waals surface area contributed by atoms with Crippen LogP contribution in [0.5, 0.6) is 0 Å². The molecule has 1 aromatic carbocycles. The molecule has 0 aliphatic heterocycles. The van der Waals surface area contributed by atoms with E-state index in [4.69, 9.17) is 16.3 Å². The average Bonchev–Trinajstić information content (AvgIpc) is 2.29. The second-order valence-corrected chi connectivity index (χ2v) is 5.68. The lowest BCUT2D eigenvalue weighted by molar-refractivity contribution is -0.149. The Morgan fingerprint density at radius 3 is 2.76 bits per heavy atom. The van der Waals surface area contributed by atoms with Crippen molar-refractivity contribution < 1.29 is 9.53 Å². The van der Waals surface area contributed by atoms with E-state index in [1.54, 1.807) is 6.07 Å². The first kappa shape index (κ1) is 14.3. The summed E-state index contributed by atoms with van der Waals surface area (Å²) in [6, 6.07) is 5.52. The first-order valence-corrected chi connectivity index (χ1v) is 6.31. The Morgan fingerprint density at radius 2 is 2.18 bits per heavy atom. The number of methoxy groups -OCH3 is 1. The third kappa shape index (κ3) is 3.89. The van der Waals surface area contributed by atoms with Crippen molar-refractivity contribution in [3.63, 3.8) is 0 Å². The minimum atomic E-state index is -0.597. The van der Waals surface area contributed by atoms with Crippen molar-refractivity contribution in [2.24, 2.45) is 5.41 Å². The topological polar surface area (TPSA) is 38.3 Å². The molecule has 94 valence electrons. The normalized spacial score (nSPS) is 11.1. The molecule has 3 nitrogen and oxygen atoms in total. The summed E-state index contributed by atoms with van der Waals surface area (Å²) in [7, 11) is 1.39. The van der Waals surface area contributed by atoms with Crippen LogP contribution in [0.3, 0.4) is 0 Å². The van der Waals surface area contributed by atoms with Gasteiger partial charge in [-0.3, -0.25) is 4.79 Å². The third-order valence-corrected chi connectivity index (χ3v) is 3.21. The Kier molecular flexibility index (Phi) is 4.83. The molecule has 0 spiro atoms. The zero-order valence-electron chi connectivity index (χ0n) is 10.0. The van der Waals surface area contributed by atoms with Crippen molar-refractivity contribution in [2.75, 3.05) is 19.0 Å². The highest BCUT2D eigenvalue weighted by Crippen LogP contribution is 2.27. The van der Waals surface area contributed by atoms with E-state index in [1.165, 1.54) is 7.11 Å². The molecule has 0 fully saturated rings. The number of rotatable bonds is 4. The van der Waals surface area contributed by atoms with E-state index in [0.717, 1.165) is 10.2 Å². The van der Waals surface area contributed by atoms with Crippen LogP contribution in [-0.4, -0.2) is 19.6 Å². The zero-order valence-corrected chi connectivity index (χ0v) is 12.4. The molecule has 0 aliphatic rings. The zero-order chi connectivity index (χ0) is 13.1. The van der Waals surface area contributed by atoms with Gasteiger partial charge in [0.15, 0.2) is 0 Å². The summed E-state index contributed by atoms with van der Waals surface area (Å²) in [5.41, 5.74) is 0.193. The standard InChI is InChI=1S/C12H15BrClNO2/c1-12(2,11(16)17-3)7-15-10-6-8(13)4-5-9(10)14/h4-6,15H,7H2,1-3H3. The number of carbonyl (C=O) groups is 1. The fourth-order valence-electron chi connectivity index (χ4n) is 1.30. The lowest BCUT2D eigenvalue weighted by Crippen LogP contribution is -2.33. The molecular formula is C12H15BrClNO2. The highest BCUT2D eigenvalue weighted by molar-refractivity contribution is 9.10. The summed E-state index contributed by atoms with van der Waals surface area (Å²) in [4.78, 5) is 11.5. The average molecular weight is 321 g/mol. The maximum Gasteiger partial charge on any atom is 0.313 e. The van der Waals surface area contributed by atoms with Crippen LogP contribution in [0.2, 0.25) is 5.02 Å². The number of anilines is 1. The van der Waals surface area contributed by atoms with E-state index in [0.29, 0.717) is 11.6 Å². The molecule has 1 N–H and O–H groups in total. The first-order valence-electron chi connectivity index (χ1n) is 5.14. The summed E-state index contributed by atoms with van der Waals surface area (Å²) >= 11 is 9.41. The van der Waals surface area contributed by atoms with Gasteiger partial charge >= 0.3 is 5.97 Å². The number of carbonyl (C=O) groups excluding carboxylic acids is 1. The van der Waals surface area contributed by atoms with Gasteiger partial charge in [-0.1, -0.05) is 27.5 Å². The van der Waals surface area contributed by atoms with E-state index >= 15 is 0 Å². The van der Waals surface area contributed by atoms with E-state index in [2.05, 4.69) is 21.2 Å². The minimum Gasteiger partial charge on any atom is -0.469 e. The van der Waals surface area contributed by atoms with Crippen molar-refractivity contribution in [3.8, 4) is 0 Å². The van der Waals surface area contributed by atoms with E-state index < -0.39 is 5.41 Å². The lowest BCUT2D eigenvalue weighted by atomic mass is 9.93. The largest absolute Gasteiger partial charge is 0.469 e. The molecule has 0 bridgehead atoms. The van der Waals surface area contributed by atoms with Gasteiger partial charge in [-0.2, -0.15) is 0 Å². The Hall–Kier alpha value is -0.740. The van der Waals surface area contributed by atoms with E-state index in [1.807, 2.05) is 26.0 Å². The van der Waals surface area contributed by atoms with Crippen LogP contribution < -0.4 is 5.32 Å². The fraction of sp³-hybridized carbons (Fsp3) is 0.417. The molecule has 17 heavy (non-hydrogen) atoms. The molecular weight excluding hydrogens is 305 g/mol. The molecule has 0 radical (unpaired) electrons. The Morgan fingerprint density at radius 1 is 1.53 bits per heavy atom. The predicted molar refractivity (Wildman–Crippen MR) is 73.4 cm³/mol. The van der Waals surface area contributed by atoms with E-state index in [9.17, 15) is 4.79 Å². The maximum absolute atomic E-state index is 11.5. The first-order chi connectivity index (χ1) is 7.86. The summed E-state index contributed by atoms with van der Waals surface area (Å²) < 4.78 is 5.67. The summed E-state index contributed by atoms with van der Waals surface area (Å²) in [6.45, 7) is 4.09. The van der Waals surface area contributed by atoms with E-state index in [-0.39, 0.29) is 5.97 Å². The number of halogens is 2. The molecule has 0 atom stereocenters. The van der Waals surface area contributed by atoms with Gasteiger partial charge in [0.05, 0.1) is 23.2 Å². The molecule has 0 aromatic heterocycles. The second kappa shape index (κ2) is 5.74. The quantitative estimate of drug-likeness (QED) is 0.859. The van der Waals surface area contributed by atoms with Crippen molar-refractivity contribution in [1.29, 1.82) is 0 Å². The van der Waals surface area contributed by atoms with Gasteiger partial charge in [0.1, 0.15) is 0 Å². The number of ether oxygens (including phenoxy) is 1. The van der Waals surface area contributed by atoms with Crippen molar-refractivity contribution in [3.05, 3.63) is 27.7 Å².